The molecule has 0 unspecified atom stereocenters. The van der Waals surface area contributed by atoms with E-state index in [2.05, 4.69) is 21.2 Å². The lowest BCUT2D eigenvalue weighted by molar-refractivity contribution is -0.114. The zero-order valence-corrected chi connectivity index (χ0v) is 18.8. The Balaban J connectivity index is 1.98. The smallest absolute Gasteiger partial charge is 0.264 e. The van der Waals surface area contributed by atoms with Gasteiger partial charge in [0.15, 0.2) is 0 Å². The van der Waals surface area contributed by atoms with Crippen LogP contribution in [0.5, 0.6) is 0 Å². The molecule has 0 radical (unpaired) electrons. The van der Waals surface area contributed by atoms with Crippen LogP contribution in [0.15, 0.2) is 82.2 Å². The largest absolute Gasteiger partial charge is 0.324 e. The number of rotatable bonds is 6. The summed E-state index contributed by atoms with van der Waals surface area (Å²) < 4.78 is 28.3. The highest BCUT2D eigenvalue weighted by Crippen LogP contribution is 2.29. The molecule has 3 aromatic carbocycles. The van der Waals surface area contributed by atoms with E-state index in [0.717, 1.165) is 8.78 Å². The Morgan fingerprint density at radius 2 is 1.59 bits per heavy atom. The van der Waals surface area contributed by atoms with Gasteiger partial charge >= 0.3 is 0 Å². The van der Waals surface area contributed by atoms with Gasteiger partial charge in [0, 0.05) is 20.2 Å². The van der Waals surface area contributed by atoms with Gasteiger partial charge < -0.3 is 5.32 Å². The van der Waals surface area contributed by atoms with Crippen molar-refractivity contribution in [3.63, 3.8) is 0 Å². The third kappa shape index (κ3) is 5.51. The number of hydrogen-bond acceptors (Lipinski definition) is 3. The van der Waals surface area contributed by atoms with Crippen LogP contribution >= 0.6 is 39.1 Å². The van der Waals surface area contributed by atoms with Crippen molar-refractivity contribution in [1.29, 1.82) is 0 Å². The van der Waals surface area contributed by atoms with Crippen LogP contribution in [0.25, 0.3) is 0 Å². The van der Waals surface area contributed by atoms with Gasteiger partial charge in [-0.15, -0.1) is 0 Å². The molecule has 3 rings (SSSR count). The summed E-state index contributed by atoms with van der Waals surface area (Å²) in [4.78, 5) is 12.7. The van der Waals surface area contributed by atoms with Gasteiger partial charge in [-0.25, -0.2) is 8.42 Å². The number of benzene rings is 3. The van der Waals surface area contributed by atoms with E-state index in [4.69, 9.17) is 23.2 Å². The Labute approximate surface area is 187 Å². The maximum atomic E-state index is 13.2. The molecule has 29 heavy (non-hydrogen) atoms. The normalized spacial score (nSPS) is 11.1. The Kier molecular flexibility index (Phi) is 6.85. The summed E-state index contributed by atoms with van der Waals surface area (Å²) in [6.45, 7) is -0.458. The molecule has 0 aliphatic carbocycles. The number of hydrogen-bond donors (Lipinski definition) is 1. The summed E-state index contributed by atoms with van der Waals surface area (Å²) in [6, 6.07) is 19.2. The van der Waals surface area contributed by atoms with Gasteiger partial charge in [-0.3, -0.25) is 9.10 Å². The number of sulfonamides is 1. The summed E-state index contributed by atoms with van der Waals surface area (Å²) in [5, 5.41) is 3.21. The van der Waals surface area contributed by atoms with E-state index in [1.165, 1.54) is 30.3 Å². The molecule has 150 valence electrons. The van der Waals surface area contributed by atoms with Crippen LogP contribution < -0.4 is 9.62 Å². The molecule has 0 aromatic heterocycles. The number of halogens is 3. The third-order valence-corrected chi connectivity index (χ3v) is 6.58. The highest BCUT2D eigenvalue weighted by atomic mass is 79.9. The first-order valence-electron chi connectivity index (χ1n) is 8.35. The van der Waals surface area contributed by atoms with E-state index in [-0.39, 0.29) is 20.6 Å². The van der Waals surface area contributed by atoms with E-state index in [1.54, 1.807) is 36.4 Å². The molecule has 0 aliphatic rings. The summed E-state index contributed by atoms with van der Waals surface area (Å²) in [6.07, 6.45) is 0. The molecule has 0 saturated heterocycles. The van der Waals surface area contributed by atoms with E-state index in [0.29, 0.717) is 5.69 Å². The van der Waals surface area contributed by atoms with Crippen LogP contribution in [-0.2, 0) is 14.8 Å². The van der Waals surface area contributed by atoms with E-state index < -0.39 is 22.5 Å². The van der Waals surface area contributed by atoms with Crippen LogP contribution in [0.2, 0.25) is 10.0 Å². The Hall–Kier alpha value is -2.06. The predicted octanol–water partition coefficient (Wildman–Crippen LogP) is 5.59. The van der Waals surface area contributed by atoms with Gasteiger partial charge in [0.2, 0.25) is 5.91 Å². The van der Waals surface area contributed by atoms with Crippen molar-refractivity contribution in [2.24, 2.45) is 0 Å². The number of nitrogens with one attached hydrogen (secondary N) is 1. The molecule has 0 fully saturated rings. The highest BCUT2D eigenvalue weighted by Gasteiger charge is 2.27. The first-order valence-corrected chi connectivity index (χ1v) is 11.3. The van der Waals surface area contributed by atoms with Crippen LogP contribution in [0.1, 0.15) is 0 Å². The molecular weight excluding hydrogens is 499 g/mol. The van der Waals surface area contributed by atoms with Gasteiger partial charge in [-0.1, -0.05) is 63.4 Å². The highest BCUT2D eigenvalue weighted by molar-refractivity contribution is 9.10. The van der Waals surface area contributed by atoms with Crippen molar-refractivity contribution < 1.29 is 13.2 Å². The fourth-order valence-electron chi connectivity index (χ4n) is 2.62. The standard InChI is InChI=1S/C20H15BrCl2N2O3S/c21-14-5-4-6-17(9-14)24-20(26)13-25(18-11-15(22)10-16(23)12-18)29(27,28)19-7-2-1-3-8-19/h1-12H,13H2,(H,24,26). The number of nitrogens with zero attached hydrogens (tertiary/aromatic N) is 1. The minimum atomic E-state index is -4.04. The maximum absolute atomic E-state index is 13.2. The third-order valence-electron chi connectivity index (χ3n) is 3.86. The first-order chi connectivity index (χ1) is 13.8. The number of amides is 1. The molecule has 5 nitrogen and oxygen atoms in total. The van der Waals surface area contributed by atoms with Crippen LogP contribution in [0, 0.1) is 0 Å². The Morgan fingerprint density at radius 3 is 2.21 bits per heavy atom. The van der Waals surface area contributed by atoms with Gasteiger partial charge in [-0.2, -0.15) is 0 Å². The fourth-order valence-corrected chi connectivity index (χ4v) is 4.95. The lowest BCUT2D eigenvalue weighted by Crippen LogP contribution is -2.38. The van der Waals surface area contributed by atoms with Crippen molar-refractivity contribution >= 4 is 66.4 Å². The van der Waals surface area contributed by atoms with Gasteiger partial charge in [-0.05, 0) is 48.5 Å². The quantitative estimate of drug-likeness (QED) is 0.467. The van der Waals surface area contributed by atoms with Gasteiger partial charge in [0.05, 0.1) is 10.6 Å². The lowest BCUT2D eigenvalue weighted by atomic mass is 10.3. The second-order valence-corrected chi connectivity index (χ2v) is 9.66. The molecular formula is C20H15BrCl2N2O3S. The SMILES string of the molecule is O=C(CN(c1cc(Cl)cc(Cl)c1)S(=O)(=O)c1ccccc1)Nc1cccc(Br)c1. The lowest BCUT2D eigenvalue weighted by Gasteiger charge is -2.24. The van der Waals surface area contributed by atoms with Crippen LogP contribution in [0.4, 0.5) is 11.4 Å². The second-order valence-electron chi connectivity index (χ2n) is 6.01. The molecule has 0 aliphatic heterocycles. The number of anilines is 2. The average Bonchev–Trinajstić information content (AvgIpc) is 2.66. The molecule has 0 bridgehead atoms. The monoisotopic (exact) mass is 512 g/mol. The topological polar surface area (TPSA) is 66.5 Å². The minimum Gasteiger partial charge on any atom is -0.324 e. The molecule has 9 heteroatoms. The number of carbonyl (C=O) groups excluding carboxylic acids is 1. The van der Waals surface area contributed by atoms with Crippen molar-refractivity contribution in [3.05, 3.63) is 87.3 Å². The fraction of sp³-hybridized carbons (Fsp3) is 0.0500. The van der Waals surface area contributed by atoms with Crippen molar-refractivity contribution in [3.8, 4) is 0 Å². The second kappa shape index (κ2) is 9.17. The van der Waals surface area contributed by atoms with E-state index >= 15 is 0 Å². The number of carbonyl (C=O) groups is 1. The van der Waals surface area contributed by atoms with Crippen molar-refractivity contribution in [2.45, 2.75) is 4.90 Å². The molecule has 1 amide bonds. The Morgan fingerprint density at radius 1 is 0.931 bits per heavy atom. The van der Waals surface area contributed by atoms with E-state index in [9.17, 15) is 13.2 Å². The first kappa shape index (κ1) is 21.6. The van der Waals surface area contributed by atoms with Gasteiger partial charge in [0.1, 0.15) is 6.54 Å². The molecule has 0 atom stereocenters. The zero-order valence-electron chi connectivity index (χ0n) is 14.8. The van der Waals surface area contributed by atoms with Gasteiger partial charge in [0.25, 0.3) is 10.0 Å². The molecule has 0 heterocycles. The predicted molar refractivity (Wildman–Crippen MR) is 120 cm³/mol. The summed E-state index contributed by atoms with van der Waals surface area (Å²) in [5.41, 5.74) is 0.723. The minimum absolute atomic E-state index is 0.0475. The molecule has 1 N–H and O–H groups in total. The maximum Gasteiger partial charge on any atom is 0.264 e. The molecule has 3 aromatic rings. The Bertz CT molecular complexity index is 1120. The van der Waals surface area contributed by atoms with Crippen molar-refractivity contribution in [2.75, 3.05) is 16.2 Å². The summed E-state index contributed by atoms with van der Waals surface area (Å²) in [5.74, 6) is -0.515. The zero-order chi connectivity index (χ0) is 21.0. The summed E-state index contributed by atoms with van der Waals surface area (Å²) in [7, 11) is -4.04. The van der Waals surface area contributed by atoms with E-state index in [1.807, 2.05) is 6.07 Å². The molecule has 0 spiro atoms. The van der Waals surface area contributed by atoms with Crippen LogP contribution in [0.3, 0.4) is 0 Å². The van der Waals surface area contributed by atoms with Crippen LogP contribution in [-0.4, -0.2) is 20.9 Å². The molecule has 0 saturated carbocycles. The van der Waals surface area contributed by atoms with Crippen molar-refractivity contribution in [1.82, 2.24) is 0 Å². The average molecular weight is 514 g/mol. The summed E-state index contributed by atoms with van der Waals surface area (Å²) >= 11 is 15.5.